The van der Waals surface area contributed by atoms with Crippen molar-refractivity contribution in [1.82, 2.24) is 0 Å². The van der Waals surface area contributed by atoms with E-state index in [0.717, 1.165) is 0 Å². The van der Waals surface area contributed by atoms with Crippen LogP contribution in [0.15, 0.2) is 0 Å². The second-order valence-corrected chi connectivity index (χ2v) is 2.31. The van der Waals surface area contributed by atoms with E-state index in [1.54, 1.807) is 0 Å². The van der Waals surface area contributed by atoms with Crippen molar-refractivity contribution < 1.29 is 30.0 Å². The van der Waals surface area contributed by atoms with Crippen LogP contribution in [0.4, 0.5) is 0 Å². The molecule has 0 fully saturated rings. The summed E-state index contributed by atoms with van der Waals surface area (Å²) in [7, 11) is 0. The molecule has 0 aromatic heterocycles. The first kappa shape index (κ1) is 14.4. The lowest BCUT2D eigenvalue weighted by Gasteiger charge is -1.94. The fraction of sp³-hybridized carbons (Fsp3) is 0.714. The zero-order valence-corrected chi connectivity index (χ0v) is 7.30. The number of carbonyl (C=O) groups is 2. The summed E-state index contributed by atoms with van der Waals surface area (Å²) < 4.78 is 0. The predicted octanol–water partition coefficient (Wildman–Crippen LogP) is -0.705. The third-order valence-electron chi connectivity index (χ3n) is 0.796. The lowest BCUT2D eigenvalue weighted by atomic mass is 10.3. The standard InChI is InChI=1S/C4H8O3.C3H6O3/c1-3(5)2-4(6)7;4-2-1-3(5)6/h3,5H,2H2,1H3,(H,6,7);4H,1-2H2,(H,5,6). The van der Waals surface area contributed by atoms with Crippen LogP contribution in [0.3, 0.4) is 0 Å². The highest BCUT2D eigenvalue weighted by Crippen LogP contribution is 1.85. The van der Waals surface area contributed by atoms with E-state index < -0.39 is 18.0 Å². The van der Waals surface area contributed by atoms with Crippen molar-refractivity contribution in [2.24, 2.45) is 0 Å². The van der Waals surface area contributed by atoms with Crippen LogP contribution in [0.1, 0.15) is 19.8 Å². The number of carboxylic acid groups (broad SMARTS) is 2. The molecular weight excluding hydrogens is 180 g/mol. The molecule has 0 bridgehead atoms. The molecule has 0 aliphatic heterocycles. The van der Waals surface area contributed by atoms with Gasteiger partial charge in [0.15, 0.2) is 0 Å². The number of aliphatic hydroxyl groups is 2. The molecule has 0 amide bonds. The first-order chi connectivity index (χ1) is 5.90. The first-order valence-corrected chi connectivity index (χ1v) is 3.62. The van der Waals surface area contributed by atoms with E-state index in [4.69, 9.17) is 20.4 Å². The van der Waals surface area contributed by atoms with E-state index in [-0.39, 0.29) is 19.4 Å². The van der Waals surface area contributed by atoms with Crippen molar-refractivity contribution in [2.45, 2.75) is 25.9 Å². The molecule has 0 aromatic rings. The molecule has 0 aliphatic carbocycles. The number of aliphatic hydroxyl groups excluding tert-OH is 2. The lowest BCUT2D eigenvalue weighted by molar-refractivity contribution is -0.139. The highest BCUT2D eigenvalue weighted by Gasteiger charge is 2.00. The SMILES string of the molecule is CC(O)CC(=O)O.O=C(O)CCO. The Hall–Kier alpha value is -1.14. The Bertz CT molecular complexity index is 153. The minimum atomic E-state index is -0.963. The molecule has 0 aliphatic rings. The highest BCUT2D eigenvalue weighted by atomic mass is 16.4. The molecule has 6 nitrogen and oxygen atoms in total. The van der Waals surface area contributed by atoms with Gasteiger partial charge >= 0.3 is 11.9 Å². The topological polar surface area (TPSA) is 115 Å². The Balaban J connectivity index is 0. The maximum absolute atomic E-state index is 9.65. The predicted molar refractivity (Wildman–Crippen MR) is 43.3 cm³/mol. The molecule has 0 saturated heterocycles. The Labute approximate surface area is 75.4 Å². The normalized spacial score (nSPS) is 11.0. The highest BCUT2D eigenvalue weighted by molar-refractivity contribution is 5.67. The second-order valence-electron chi connectivity index (χ2n) is 2.31. The van der Waals surface area contributed by atoms with Gasteiger partial charge in [-0.05, 0) is 6.92 Å². The molecule has 0 heterocycles. The average molecular weight is 194 g/mol. The van der Waals surface area contributed by atoms with E-state index in [9.17, 15) is 9.59 Å². The molecule has 6 heteroatoms. The molecular formula is C7H14O6. The van der Waals surface area contributed by atoms with Crippen LogP contribution in [0.2, 0.25) is 0 Å². The number of rotatable bonds is 4. The maximum atomic E-state index is 9.65. The summed E-state index contributed by atoms with van der Waals surface area (Å²) in [5, 5.41) is 31.9. The molecule has 1 atom stereocenters. The van der Waals surface area contributed by atoms with E-state index in [0.29, 0.717) is 0 Å². The largest absolute Gasteiger partial charge is 0.481 e. The zero-order chi connectivity index (χ0) is 10.9. The Morgan fingerprint density at radius 2 is 1.69 bits per heavy atom. The minimum Gasteiger partial charge on any atom is -0.481 e. The van der Waals surface area contributed by atoms with Crippen molar-refractivity contribution in [2.75, 3.05) is 6.61 Å². The molecule has 0 aromatic carbocycles. The second kappa shape index (κ2) is 8.95. The summed E-state index contributed by atoms with van der Waals surface area (Å²) in [6, 6.07) is 0. The molecule has 0 rings (SSSR count). The van der Waals surface area contributed by atoms with E-state index in [1.807, 2.05) is 0 Å². The van der Waals surface area contributed by atoms with E-state index in [2.05, 4.69) is 0 Å². The molecule has 78 valence electrons. The average Bonchev–Trinajstić information content (AvgIpc) is 1.83. The molecule has 13 heavy (non-hydrogen) atoms. The fourth-order valence-corrected chi connectivity index (χ4v) is 0.348. The van der Waals surface area contributed by atoms with Crippen LogP contribution in [-0.4, -0.2) is 45.1 Å². The first-order valence-electron chi connectivity index (χ1n) is 3.62. The summed E-state index contributed by atoms with van der Waals surface area (Å²) >= 11 is 0. The third kappa shape index (κ3) is 24.8. The van der Waals surface area contributed by atoms with Gasteiger partial charge in [0.25, 0.3) is 0 Å². The molecule has 4 N–H and O–H groups in total. The third-order valence-corrected chi connectivity index (χ3v) is 0.796. The number of carboxylic acids is 2. The Morgan fingerprint density at radius 1 is 1.23 bits per heavy atom. The molecule has 0 saturated carbocycles. The molecule has 0 spiro atoms. The van der Waals surface area contributed by atoms with Gasteiger partial charge in [-0.2, -0.15) is 0 Å². The van der Waals surface area contributed by atoms with Gasteiger partial charge in [0.2, 0.25) is 0 Å². The fourth-order valence-electron chi connectivity index (χ4n) is 0.348. The minimum absolute atomic E-state index is 0.153. The Kier molecular flexibility index (Phi) is 9.91. The van der Waals surface area contributed by atoms with Gasteiger partial charge < -0.3 is 20.4 Å². The van der Waals surface area contributed by atoms with Gasteiger partial charge in [-0.3, -0.25) is 9.59 Å². The Morgan fingerprint density at radius 3 is 1.69 bits per heavy atom. The molecule has 0 radical (unpaired) electrons. The van der Waals surface area contributed by atoms with Gasteiger partial charge in [-0.25, -0.2) is 0 Å². The van der Waals surface area contributed by atoms with Crippen molar-refractivity contribution >= 4 is 11.9 Å². The van der Waals surface area contributed by atoms with Crippen LogP contribution in [0.5, 0.6) is 0 Å². The van der Waals surface area contributed by atoms with Gasteiger partial charge in [0.05, 0.1) is 25.6 Å². The summed E-state index contributed by atoms with van der Waals surface area (Å²) in [6.45, 7) is 1.17. The number of hydrogen-bond donors (Lipinski definition) is 4. The van der Waals surface area contributed by atoms with Crippen LogP contribution < -0.4 is 0 Å². The van der Waals surface area contributed by atoms with Crippen LogP contribution in [0.25, 0.3) is 0 Å². The van der Waals surface area contributed by atoms with Crippen LogP contribution in [0, 0.1) is 0 Å². The van der Waals surface area contributed by atoms with Crippen molar-refractivity contribution in [3.8, 4) is 0 Å². The lowest BCUT2D eigenvalue weighted by Crippen LogP contribution is -2.07. The van der Waals surface area contributed by atoms with Crippen LogP contribution in [-0.2, 0) is 9.59 Å². The quantitative estimate of drug-likeness (QED) is 0.470. The van der Waals surface area contributed by atoms with Gasteiger partial charge in [0.1, 0.15) is 0 Å². The maximum Gasteiger partial charge on any atom is 0.305 e. The van der Waals surface area contributed by atoms with Crippen molar-refractivity contribution in [3.63, 3.8) is 0 Å². The van der Waals surface area contributed by atoms with E-state index >= 15 is 0 Å². The van der Waals surface area contributed by atoms with Gasteiger partial charge in [-0.15, -0.1) is 0 Å². The van der Waals surface area contributed by atoms with Crippen molar-refractivity contribution in [3.05, 3.63) is 0 Å². The zero-order valence-electron chi connectivity index (χ0n) is 7.30. The number of hydrogen-bond acceptors (Lipinski definition) is 4. The smallest absolute Gasteiger partial charge is 0.305 e. The monoisotopic (exact) mass is 194 g/mol. The summed E-state index contributed by atoms with van der Waals surface area (Å²) in [5.74, 6) is -1.92. The summed E-state index contributed by atoms with van der Waals surface area (Å²) in [6.07, 6.45) is -1.04. The van der Waals surface area contributed by atoms with Gasteiger partial charge in [-0.1, -0.05) is 0 Å². The summed E-state index contributed by atoms with van der Waals surface area (Å²) in [5.41, 5.74) is 0. The van der Waals surface area contributed by atoms with E-state index in [1.165, 1.54) is 6.92 Å². The van der Waals surface area contributed by atoms with Crippen molar-refractivity contribution in [1.29, 1.82) is 0 Å². The molecule has 1 unspecified atom stereocenters. The van der Waals surface area contributed by atoms with Gasteiger partial charge in [0, 0.05) is 0 Å². The van der Waals surface area contributed by atoms with Crippen LogP contribution >= 0.6 is 0 Å². The number of aliphatic carboxylic acids is 2. The summed E-state index contributed by atoms with van der Waals surface area (Å²) in [4.78, 5) is 19.1.